The molecule has 140 valence electrons. The lowest BCUT2D eigenvalue weighted by atomic mass is 10.0. The van der Waals surface area contributed by atoms with Gasteiger partial charge in [0, 0.05) is 45.7 Å². The summed E-state index contributed by atoms with van der Waals surface area (Å²) in [5, 5.41) is 5.18. The monoisotopic (exact) mass is 369 g/mol. The number of carbonyl (C=O) groups excluding carboxylic acids is 1. The van der Waals surface area contributed by atoms with Crippen LogP contribution >= 0.6 is 0 Å². The molecule has 0 radical (unpaired) electrons. The summed E-state index contributed by atoms with van der Waals surface area (Å²) in [6.07, 6.45) is 7.93. The second-order valence-corrected chi connectivity index (χ2v) is 7.08. The van der Waals surface area contributed by atoms with Crippen molar-refractivity contribution < 1.29 is 13.3 Å². The Bertz CT molecular complexity index is 1070. The number of fused-ring (bicyclic) bond motifs is 1. The largest absolute Gasteiger partial charge is 0.298 e. The van der Waals surface area contributed by atoms with Gasteiger partial charge in [0.2, 0.25) is 0 Å². The highest BCUT2D eigenvalue weighted by Gasteiger charge is 2.15. The number of piperidine rings is 1. The van der Waals surface area contributed by atoms with Crippen molar-refractivity contribution in [2.24, 2.45) is 6.98 Å². The highest BCUT2D eigenvalue weighted by Crippen LogP contribution is 2.27. The molecule has 1 aromatic carbocycles. The van der Waals surface area contributed by atoms with Crippen molar-refractivity contribution in [1.29, 1.82) is 0 Å². The topological polar surface area (TPSA) is 51.0 Å². The van der Waals surface area contributed by atoms with E-state index in [0.29, 0.717) is 23.2 Å². The lowest BCUT2D eigenvalue weighted by Gasteiger charge is -2.25. The van der Waals surface area contributed by atoms with Gasteiger partial charge in [0.25, 0.3) is 0 Å². The van der Waals surface area contributed by atoms with Gasteiger partial charge in [-0.05, 0) is 49.5 Å². The predicted octanol–water partition coefficient (Wildman–Crippen LogP) is 3.37. The number of hydrogen-bond donors (Lipinski definition) is 0. The average Bonchev–Trinajstić information content (AvgIpc) is 3.19. The first-order valence-electron chi connectivity index (χ1n) is 10.7. The molecule has 0 amide bonds. The van der Waals surface area contributed by atoms with Crippen LogP contribution in [0.3, 0.4) is 0 Å². The van der Waals surface area contributed by atoms with Crippen LogP contribution in [0, 0.1) is 5.82 Å². The van der Waals surface area contributed by atoms with E-state index in [9.17, 15) is 9.18 Å². The van der Waals surface area contributed by atoms with Crippen LogP contribution in [0.25, 0.3) is 21.9 Å². The van der Waals surface area contributed by atoms with E-state index in [0.717, 1.165) is 36.0 Å². The minimum atomic E-state index is -2.42. The van der Waals surface area contributed by atoms with E-state index in [1.165, 1.54) is 24.9 Å². The normalized spacial score (nSPS) is 17.4. The van der Waals surface area contributed by atoms with Crippen LogP contribution in [0.2, 0.25) is 0 Å². The first-order valence-corrected chi connectivity index (χ1v) is 9.17. The Hall–Kier alpha value is -2.60. The number of benzene rings is 1. The number of Topliss-reactive ketones (excluding diaryl/α,β-unsaturated/α-hetero) is 1. The van der Waals surface area contributed by atoms with E-state index in [2.05, 4.69) is 15.0 Å². The average molecular weight is 369 g/mol. The van der Waals surface area contributed by atoms with Gasteiger partial charge in [0.05, 0.1) is 19.2 Å². The van der Waals surface area contributed by atoms with Gasteiger partial charge in [-0.2, -0.15) is 5.10 Å². The standard InChI is InChI=1S/C21H23FN4O/c1-25-13-17(12-24-25)20-8-15-7-18(23-11-16(15)9-21(20)22)10-19(27)14-26-5-3-2-4-6-26/h7-9,11-13H,2-6,10,14H2,1H3/i1D3. The Morgan fingerprint density at radius 1 is 1.19 bits per heavy atom. The number of likely N-dealkylation sites (tertiary alicyclic amines) is 1. The van der Waals surface area contributed by atoms with Gasteiger partial charge in [-0.1, -0.05) is 6.42 Å². The van der Waals surface area contributed by atoms with Crippen LogP contribution in [-0.4, -0.2) is 45.1 Å². The Kier molecular flexibility index (Phi) is 4.05. The van der Waals surface area contributed by atoms with Crippen molar-refractivity contribution >= 4 is 16.6 Å². The van der Waals surface area contributed by atoms with Gasteiger partial charge in [0.15, 0.2) is 5.78 Å². The summed E-state index contributed by atoms with van der Waals surface area (Å²) >= 11 is 0. The van der Waals surface area contributed by atoms with E-state index in [1.807, 2.05) is 0 Å². The van der Waals surface area contributed by atoms with Crippen LogP contribution in [0.5, 0.6) is 0 Å². The van der Waals surface area contributed by atoms with Gasteiger partial charge in [-0.25, -0.2) is 4.39 Å². The van der Waals surface area contributed by atoms with Crippen molar-refractivity contribution in [3.8, 4) is 11.1 Å². The summed E-state index contributed by atoms with van der Waals surface area (Å²) in [5.41, 5.74) is 1.28. The fourth-order valence-corrected chi connectivity index (χ4v) is 3.62. The third-order valence-corrected chi connectivity index (χ3v) is 4.98. The number of aromatic nitrogens is 3. The van der Waals surface area contributed by atoms with Crippen molar-refractivity contribution in [3.05, 3.63) is 48.3 Å². The van der Waals surface area contributed by atoms with E-state index in [1.54, 1.807) is 18.3 Å². The molecule has 0 bridgehead atoms. The molecule has 2 aromatic heterocycles. The van der Waals surface area contributed by atoms with Gasteiger partial charge >= 0.3 is 0 Å². The Balaban J connectivity index is 1.56. The maximum atomic E-state index is 14.6. The molecule has 0 aliphatic carbocycles. The smallest absolute Gasteiger partial charge is 0.152 e. The Morgan fingerprint density at radius 2 is 2.04 bits per heavy atom. The van der Waals surface area contributed by atoms with Crippen molar-refractivity contribution in [3.63, 3.8) is 0 Å². The molecule has 27 heavy (non-hydrogen) atoms. The van der Waals surface area contributed by atoms with Gasteiger partial charge in [-0.3, -0.25) is 19.4 Å². The summed E-state index contributed by atoms with van der Waals surface area (Å²) in [7, 11) is 0. The number of pyridine rings is 1. The van der Waals surface area contributed by atoms with Crippen LogP contribution < -0.4 is 0 Å². The molecule has 1 aliphatic heterocycles. The van der Waals surface area contributed by atoms with E-state index >= 15 is 0 Å². The fourth-order valence-electron chi connectivity index (χ4n) is 3.62. The van der Waals surface area contributed by atoms with Crippen LogP contribution in [0.4, 0.5) is 4.39 Å². The molecular formula is C21H23FN4O. The zero-order chi connectivity index (χ0) is 21.3. The first kappa shape index (κ1) is 14.5. The lowest BCUT2D eigenvalue weighted by molar-refractivity contribution is -0.119. The predicted molar refractivity (Wildman–Crippen MR) is 103 cm³/mol. The van der Waals surface area contributed by atoms with Crippen molar-refractivity contribution in [2.75, 3.05) is 19.6 Å². The SMILES string of the molecule is [2H]C([2H])([2H])n1cc(-c2cc3cc(CC(=O)CN4CCCCC4)ncc3cc2F)cn1. The Morgan fingerprint density at radius 3 is 2.81 bits per heavy atom. The summed E-state index contributed by atoms with van der Waals surface area (Å²) in [6, 6.07) is 4.80. The molecule has 1 aliphatic rings. The quantitative estimate of drug-likeness (QED) is 0.692. The minimum absolute atomic E-state index is 0.116. The molecule has 3 aromatic rings. The first-order chi connectivity index (χ1) is 14.3. The molecule has 1 saturated heterocycles. The third kappa shape index (κ3) is 4.06. The van der Waals surface area contributed by atoms with Crippen molar-refractivity contribution in [2.45, 2.75) is 25.7 Å². The molecule has 4 rings (SSSR count). The Labute approximate surface area is 162 Å². The lowest BCUT2D eigenvalue weighted by Crippen LogP contribution is -2.35. The summed E-state index contributed by atoms with van der Waals surface area (Å²) < 4.78 is 37.7. The highest BCUT2D eigenvalue weighted by atomic mass is 19.1. The number of rotatable bonds is 5. The number of nitrogens with zero attached hydrogens (tertiary/aromatic N) is 4. The number of ketones is 1. The van der Waals surface area contributed by atoms with Crippen LogP contribution in [0.15, 0.2) is 36.8 Å². The molecule has 0 N–H and O–H groups in total. The zero-order valence-corrected chi connectivity index (χ0v) is 15.0. The summed E-state index contributed by atoms with van der Waals surface area (Å²) in [4.78, 5) is 19.0. The van der Waals surface area contributed by atoms with Crippen LogP contribution in [0.1, 0.15) is 29.1 Å². The number of hydrogen-bond acceptors (Lipinski definition) is 4. The van der Waals surface area contributed by atoms with E-state index in [4.69, 9.17) is 4.11 Å². The van der Waals surface area contributed by atoms with E-state index < -0.39 is 12.8 Å². The number of carbonyl (C=O) groups is 1. The second kappa shape index (κ2) is 7.56. The summed E-state index contributed by atoms with van der Waals surface area (Å²) in [5.74, 6) is -0.367. The van der Waals surface area contributed by atoms with Gasteiger partial charge < -0.3 is 0 Å². The molecule has 6 heteroatoms. The van der Waals surface area contributed by atoms with Gasteiger partial charge in [0.1, 0.15) is 5.82 Å². The second-order valence-electron chi connectivity index (χ2n) is 7.08. The molecule has 1 fully saturated rings. The zero-order valence-electron chi connectivity index (χ0n) is 18.0. The number of aryl methyl sites for hydroxylation is 1. The highest BCUT2D eigenvalue weighted by molar-refractivity contribution is 5.88. The maximum absolute atomic E-state index is 14.6. The molecular weight excluding hydrogens is 343 g/mol. The van der Waals surface area contributed by atoms with E-state index in [-0.39, 0.29) is 17.8 Å². The van der Waals surface area contributed by atoms with Crippen LogP contribution in [-0.2, 0) is 18.2 Å². The van der Waals surface area contributed by atoms with Crippen molar-refractivity contribution in [1.82, 2.24) is 19.7 Å². The third-order valence-electron chi connectivity index (χ3n) is 4.98. The molecule has 3 heterocycles. The summed E-state index contributed by atoms with van der Waals surface area (Å²) in [6.45, 7) is -0.0625. The minimum Gasteiger partial charge on any atom is -0.298 e. The molecule has 0 atom stereocenters. The number of halogens is 1. The molecule has 0 spiro atoms. The van der Waals surface area contributed by atoms with Gasteiger partial charge in [-0.15, -0.1) is 0 Å². The molecule has 5 nitrogen and oxygen atoms in total. The molecule has 0 saturated carbocycles. The molecule has 0 unspecified atom stereocenters. The maximum Gasteiger partial charge on any atom is 0.152 e. The fraction of sp³-hybridized carbons (Fsp3) is 0.381.